The first-order valence-corrected chi connectivity index (χ1v) is 8.81. The van der Waals surface area contributed by atoms with Crippen molar-refractivity contribution in [2.75, 3.05) is 13.2 Å². The summed E-state index contributed by atoms with van der Waals surface area (Å²) in [7, 11) is 0. The van der Waals surface area contributed by atoms with Crippen LogP contribution in [-0.2, 0) is 0 Å². The fourth-order valence-electron chi connectivity index (χ4n) is 3.22. The topological polar surface area (TPSA) is 18.5 Å². The Kier molecular flexibility index (Phi) is 5.57. The first-order valence-electron chi connectivity index (χ1n) is 8.81. The lowest BCUT2D eigenvalue weighted by atomic mass is 9.90. The summed E-state index contributed by atoms with van der Waals surface area (Å²) >= 11 is 0. The highest BCUT2D eigenvalue weighted by molar-refractivity contribution is 5.64. The SMILES string of the molecule is CCOc1ccc(-c2ccc(OCC3CCCCC3)cc2)cc1. The molecule has 122 valence electrons. The Labute approximate surface area is 139 Å². The average molecular weight is 310 g/mol. The zero-order valence-corrected chi connectivity index (χ0v) is 14.0. The van der Waals surface area contributed by atoms with Crippen LogP contribution in [0.3, 0.4) is 0 Å². The van der Waals surface area contributed by atoms with Crippen molar-refractivity contribution in [1.82, 2.24) is 0 Å². The predicted octanol–water partition coefficient (Wildman–Crippen LogP) is 5.71. The Balaban J connectivity index is 1.57. The first-order chi connectivity index (χ1) is 11.3. The van der Waals surface area contributed by atoms with Gasteiger partial charge in [0.1, 0.15) is 11.5 Å². The molecule has 1 saturated carbocycles. The van der Waals surface area contributed by atoms with E-state index in [0.717, 1.165) is 24.0 Å². The summed E-state index contributed by atoms with van der Waals surface area (Å²) in [4.78, 5) is 0. The van der Waals surface area contributed by atoms with Gasteiger partial charge in [-0.2, -0.15) is 0 Å². The van der Waals surface area contributed by atoms with Crippen LogP contribution in [0.15, 0.2) is 48.5 Å². The van der Waals surface area contributed by atoms with E-state index in [4.69, 9.17) is 9.47 Å². The van der Waals surface area contributed by atoms with Crippen LogP contribution >= 0.6 is 0 Å². The molecule has 0 N–H and O–H groups in total. The van der Waals surface area contributed by atoms with Gasteiger partial charge >= 0.3 is 0 Å². The molecule has 0 unspecified atom stereocenters. The van der Waals surface area contributed by atoms with E-state index in [2.05, 4.69) is 36.4 Å². The standard InChI is InChI=1S/C21H26O2/c1-2-22-20-12-8-18(9-13-20)19-10-14-21(15-11-19)23-16-17-6-4-3-5-7-17/h8-15,17H,2-7,16H2,1H3. The molecule has 1 aliphatic rings. The molecule has 0 spiro atoms. The molecule has 1 fully saturated rings. The number of benzene rings is 2. The van der Waals surface area contributed by atoms with Crippen molar-refractivity contribution in [3.05, 3.63) is 48.5 Å². The summed E-state index contributed by atoms with van der Waals surface area (Å²) < 4.78 is 11.5. The summed E-state index contributed by atoms with van der Waals surface area (Å²) in [5, 5.41) is 0. The summed E-state index contributed by atoms with van der Waals surface area (Å²) in [6.45, 7) is 3.56. The van der Waals surface area contributed by atoms with E-state index >= 15 is 0 Å². The van der Waals surface area contributed by atoms with Crippen LogP contribution in [0.1, 0.15) is 39.0 Å². The van der Waals surface area contributed by atoms with Crippen LogP contribution < -0.4 is 9.47 Å². The summed E-state index contributed by atoms with van der Waals surface area (Å²) in [5.74, 6) is 2.64. The molecule has 0 atom stereocenters. The Morgan fingerprint density at radius 2 is 1.26 bits per heavy atom. The van der Waals surface area contributed by atoms with E-state index in [1.54, 1.807) is 0 Å². The zero-order chi connectivity index (χ0) is 15.9. The lowest BCUT2D eigenvalue weighted by Crippen LogP contribution is -2.15. The largest absolute Gasteiger partial charge is 0.494 e. The second-order valence-corrected chi connectivity index (χ2v) is 6.30. The van der Waals surface area contributed by atoms with Crippen molar-refractivity contribution >= 4 is 0 Å². The highest BCUT2D eigenvalue weighted by Crippen LogP contribution is 2.27. The third-order valence-electron chi connectivity index (χ3n) is 4.56. The second kappa shape index (κ2) is 8.05. The Hall–Kier alpha value is -1.96. The number of ether oxygens (including phenoxy) is 2. The lowest BCUT2D eigenvalue weighted by molar-refractivity contribution is 0.209. The van der Waals surface area contributed by atoms with Gasteiger partial charge in [-0.1, -0.05) is 43.5 Å². The smallest absolute Gasteiger partial charge is 0.119 e. The van der Waals surface area contributed by atoms with E-state index in [0.29, 0.717) is 6.61 Å². The van der Waals surface area contributed by atoms with E-state index in [9.17, 15) is 0 Å². The molecule has 1 aliphatic carbocycles. The number of hydrogen-bond acceptors (Lipinski definition) is 2. The van der Waals surface area contributed by atoms with Gasteiger partial charge in [0.05, 0.1) is 13.2 Å². The van der Waals surface area contributed by atoms with Crippen molar-refractivity contribution in [3.63, 3.8) is 0 Å². The van der Waals surface area contributed by atoms with Crippen LogP contribution in [0.4, 0.5) is 0 Å². The highest BCUT2D eigenvalue weighted by Gasteiger charge is 2.13. The zero-order valence-electron chi connectivity index (χ0n) is 14.0. The third kappa shape index (κ3) is 4.51. The highest BCUT2D eigenvalue weighted by atomic mass is 16.5. The quantitative estimate of drug-likeness (QED) is 0.680. The molecule has 0 amide bonds. The number of hydrogen-bond donors (Lipinski definition) is 0. The molecule has 0 radical (unpaired) electrons. The van der Waals surface area contributed by atoms with Gasteiger partial charge in [0, 0.05) is 0 Å². The molecule has 0 aliphatic heterocycles. The third-order valence-corrected chi connectivity index (χ3v) is 4.56. The molecule has 0 saturated heterocycles. The van der Waals surface area contributed by atoms with E-state index in [1.807, 2.05) is 19.1 Å². The minimum absolute atomic E-state index is 0.701. The molecule has 2 aromatic rings. The van der Waals surface area contributed by atoms with Crippen molar-refractivity contribution in [2.24, 2.45) is 5.92 Å². The summed E-state index contributed by atoms with van der Waals surface area (Å²) in [5.41, 5.74) is 2.41. The molecular formula is C21H26O2. The Morgan fingerprint density at radius 3 is 1.78 bits per heavy atom. The molecule has 0 heterocycles. The number of rotatable bonds is 6. The van der Waals surface area contributed by atoms with E-state index < -0.39 is 0 Å². The van der Waals surface area contributed by atoms with Crippen LogP contribution in [-0.4, -0.2) is 13.2 Å². The first kappa shape index (κ1) is 15.9. The van der Waals surface area contributed by atoms with Gasteiger partial charge < -0.3 is 9.47 Å². The van der Waals surface area contributed by atoms with Gasteiger partial charge in [-0.3, -0.25) is 0 Å². The normalized spacial score (nSPS) is 15.3. The lowest BCUT2D eigenvalue weighted by Gasteiger charge is -2.21. The average Bonchev–Trinajstić information content (AvgIpc) is 2.62. The van der Waals surface area contributed by atoms with Crippen molar-refractivity contribution < 1.29 is 9.47 Å². The molecule has 0 bridgehead atoms. The van der Waals surface area contributed by atoms with Crippen LogP contribution in [0, 0.1) is 5.92 Å². The van der Waals surface area contributed by atoms with Gasteiger partial charge in [-0.05, 0) is 61.1 Å². The van der Waals surface area contributed by atoms with Gasteiger partial charge in [0.15, 0.2) is 0 Å². The fourth-order valence-corrected chi connectivity index (χ4v) is 3.22. The molecule has 0 aromatic heterocycles. The van der Waals surface area contributed by atoms with Gasteiger partial charge in [-0.25, -0.2) is 0 Å². The molecular weight excluding hydrogens is 284 g/mol. The van der Waals surface area contributed by atoms with E-state index in [-0.39, 0.29) is 0 Å². The molecule has 2 aromatic carbocycles. The van der Waals surface area contributed by atoms with Crippen molar-refractivity contribution in [3.8, 4) is 22.6 Å². The molecule has 2 heteroatoms. The monoisotopic (exact) mass is 310 g/mol. The maximum atomic E-state index is 5.97. The predicted molar refractivity (Wildman–Crippen MR) is 95.1 cm³/mol. The Bertz CT molecular complexity index is 580. The summed E-state index contributed by atoms with van der Waals surface area (Å²) in [6, 6.07) is 16.7. The van der Waals surface area contributed by atoms with Crippen LogP contribution in [0.5, 0.6) is 11.5 Å². The van der Waals surface area contributed by atoms with Gasteiger partial charge in [-0.15, -0.1) is 0 Å². The maximum absolute atomic E-state index is 5.97. The minimum Gasteiger partial charge on any atom is -0.494 e. The molecule has 23 heavy (non-hydrogen) atoms. The second-order valence-electron chi connectivity index (χ2n) is 6.30. The van der Waals surface area contributed by atoms with Crippen LogP contribution in [0.25, 0.3) is 11.1 Å². The Morgan fingerprint density at radius 1 is 0.739 bits per heavy atom. The van der Waals surface area contributed by atoms with E-state index in [1.165, 1.54) is 43.2 Å². The van der Waals surface area contributed by atoms with Crippen LogP contribution in [0.2, 0.25) is 0 Å². The minimum atomic E-state index is 0.701. The molecule has 3 rings (SSSR count). The van der Waals surface area contributed by atoms with Crippen molar-refractivity contribution in [1.29, 1.82) is 0 Å². The van der Waals surface area contributed by atoms with Gasteiger partial charge in [0.2, 0.25) is 0 Å². The molecule has 2 nitrogen and oxygen atoms in total. The van der Waals surface area contributed by atoms with Crippen molar-refractivity contribution in [2.45, 2.75) is 39.0 Å². The maximum Gasteiger partial charge on any atom is 0.119 e. The van der Waals surface area contributed by atoms with Gasteiger partial charge in [0.25, 0.3) is 0 Å². The summed E-state index contributed by atoms with van der Waals surface area (Å²) in [6.07, 6.45) is 6.78. The fraction of sp³-hybridized carbons (Fsp3) is 0.429.